The van der Waals surface area contributed by atoms with E-state index < -0.39 is 24.2 Å². The van der Waals surface area contributed by atoms with Crippen LogP contribution in [0.1, 0.15) is 17.2 Å². The molecule has 3 N–H and O–H groups in total. The maximum absolute atomic E-state index is 11.8. The summed E-state index contributed by atoms with van der Waals surface area (Å²) in [4.78, 5) is 27.1. The summed E-state index contributed by atoms with van der Waals surface area (Å²) in [5.41, 5.74) is 1.00. The van der Waals surface area contributed by atoms with E-state index in [1.165, 1.54) is 12.3 Å². The van der Waals surface area contributed by atoms with Crippen LogP contribution in [0.4, 0.5) is 4.79 Å². The number of carbonyl (C=O) groups is 2. The van der Waals surface area contributed by atoms with Crippen LogP contribution < -0.4 is 5.32 Å². The molecule has 7 nitrogen and oxygen atoms in total. The highest BCUT2D eigenvalue weighted by atomic mass is 79.9. The minimum absolute atomic E-state index is 0.00824. The second-order valence-electron chi connectivity index (χ2n) is 4.85. The number of nitrogens with one attached hydrogen (secondary N) is 1. The first-order chi connectivity index (χ1) is 11.5. The van der Waals surface area contributed by atoms with Crippen LogP contribution >= 0.6 is 15.9 Å². The molecule has 2 aromatic rings. The number of benzene rings is 1. The van der Waals surface area contributed by atoms with Crippen molar-refractivity contribution >= 4 is 28.0 Å². The van der Waals surface area contributed by atoms with Crippen LogP contribution in [0.15, 0.2) is 53.3 Å². The molecule has 1 heterocycles. The predicted octanol–water partition coefficient (Wildman–Crippen LogP) is 2.26. The Labute approximate surface area is 146 Å². The van der Waals surface area contributed by atoms with Crippen LogP contribution in [0.2, 0.25) is 0 Å². The third kappa shape index (κ3) is 4.77. The number of carboxylic acids is 1. The molecule has 0 saturated carbocycles. The number of aliphatic carboxylic acids is 1. The van der Waals surface area contributed by atoms with Crippen LogP contribution in [0, 0.1) is 0 Å². The number of hydrogen-bond donors (Lipinski definition) is 3. The largest absolute Gasteiger partial charge is 0.480 e. The van der Waals surface area contributed by atoms with E-state index >= 15 is 0 Å². The van der Waals surface area contributed by atoms with E-state index in [2.05, 4.69) is 26.2 Å². The van der Waals surface area contributed by atoms with E-state index in [0.29, 0.717) is 4.60 Å². The van der Waals surface area contributed by atoms with Gasteiger partial charge in [-0.05, 0) is 27.6 Å². The lowest BCUT2D eigenvalue weighted by atomic mass is 10.0. The number of alkyl carbamates (subject to hydrolysis) is 1. The molecule has 1 aromatic carbocycles. The monoisotopic (exact) mass is 394 g/mol. The standard InChI is InChI=1S/C16H15BrN2O5/c17-14-11(7-4-8-18-14)13(20)12(15(21)22)19-16(23)24-9-10-5-2-1-3-6-10/h1-8,12-13,20H,9H2,(H,19,23)(H,21,22)/t12-,13+/m0/s1. The number of aromatic nitrogens is 1. The van der Waals surface area contributed by atoms with Gasteiger partial charge < -0.3 is 20.3 Å². The zero-order valence-electron chi connectivity index (χ0n) is 12.4. The van der Waals surface area contributed by atoms with Gasteiger partial charge in [-0.2, -0.15) is 0 Å². The summed E-state index contributed by atoms with van der Waals surface area (Å²) in [7, 11) is 0. The fourth-order valence-corrected chi connectivity index (χ4v) is 2.45. The Morgan fingerprint density at radius 3 is 2.54 bits per heavy atom. The number of hydrogen-bond acceptors (Lipinski definition) is 5. The molecular weight excluding hydrogens is 380 g/mol. The number of nitrogens with zero attached hydrogens (tertiary/aromatic N) is 1. The zero-order valence-corrected chi connectivity index (χ0v) is 14.0. The topological polar surface area (TPSA) is 109 Å². The van der Waals surface area contributed by atoms with Gasteiger partial charge in [-0.25, -0.2) is 14.6 Å². The van der Waals surface area contributed by atoms with Crippen molar-refractivity contribution in [3.8, 4) is 0 Å². The summed E-state index contributed by atoms with van der Waals surface area (Å²) < 4.78 is 5.27. The lowest BCUT2D eigenvalue weighted by molar-refractivity contribution is -0.142. The fraction of sp³-hybridized carbons (Fsp3) is 0.188. The average Bonchev–Trinajstić information content (AvgIpc) is 2.58. The highest BCUT2D eigenvalue weighted by Crippen LogP contribution is 2.23. The molecule has 8 heteroatoms. The van der Waals surface area contributed by atoms with E-state index in [1.54, 1.807) is 30.3 Å². The highest BCUT2D eigenvalue weighted by Gasteiger charge is 2.31. The van der Waals surface area contributed by atoms with Crippen LogP contribution in [0.3, 0.4) is 0 Å². The van der Waals surface area contributed by atoms with Gasteiger partial charge in [0.25, 0.3) is 0 Å². The van der Waals surface area contributed by atoms with Crippen molar-refractivity contribution in [2.24, 2.45) is 0 Å². The quantitative estimate of drug-likeness (QED) is 0.648. The maximum Gasteiger partial charge on any atom is 0.408 e. The van der Waals surface area contributed by atoms with E-state index in [1.807, 2.05) is 6.07 Å². The van der Waals surface area contributed by atoms with Crippen LogP contribution in [-0.4, -0.2) is 33.3 Å². The van der Waals surface area contributed by atoms with Gasteiger partial charge in [0.05, 0.1) is 0 Å². The first-order valence-electron chi connectivity index (χ1n) is 6.97. The van der Waals surface area contributed by atoms with Gasteiger partial charge >= 0.3 is 12.1 Å². The van der Waals surface area contributed by atoms with Gasteiger partial charge in [0.1, 0.15) is 17.3 Å². The number of carboxylic acid groups (broad SMARTS) is 1. The molecule has 0 radical (unpaired) electrons. The van der Waals surface area contributed by atoms with E-state index in [9.17, 15) is 19.8 Å². The van der Waals surface area contributed by atoms with E-state index in [4.69, 9.17) is 4.74 Å². The molecule has 1 aromatic heterocycles. The molecule has 126 valence electrons. The molecular formula is C16H15BrN2O5. The van der Waals surface area contributed by atoms with Gasteiger partial charge in [-0.1, -0.05) is 36.4 Å². The third-order valence-corrected chi connectivity index (χ3v) is 3.84. The third-order valence-electron chi connectivity index (χ3n) is 3.17. The Morgan fingerprint density at radius 2 is 1.92 bits per heavy atom. The number of halogens is 1. The number of pyridine rings is 1. The Hall–Kier alpha value is -2.45. The van der Waals surface area contributed by atoms with Crippen LogP contribution in [-0.2, 0) is 16.1 Å². The van der Waals surface area contributed by atoms with Crippen molar-refractivity contribution in [3.63, 3.8) is 0 Å². The molecule has 0 unspecified atom stereocenters. The van der Waals surface area contributed by atoms with Crippen molar-refractivity contribution < 1.29 is 24.5 Å². The molecule has 0 bridgehead atoms. The lowest BCUT2D eigenvalue weighted by Crippen LogP contribution is -2.45. The number of ether oxygens (including phenoxy) is 1. The normalized spacial score (nSPS) is 12.9. The Bertz CT molecular complexity index is 711. The molecule has 0 aliphatic heterocycles. The smallest absolute Gasteiger partial charge is 0.408 e. The number of aliphatic hydroxyl groups excluding tert-OH is 1. The van der Waals surface area contributed by atoms with Crippen LogP contribution in [0.25, 0.3) is 0 Å². The van der Waals surface area contributed by atoms with Gasteiger partial charge in [0.2, 0.25) is 0 Å². The van der Waals surface area contributed by atoms with Gasteiger partial charge in [-0.3, -0.25) is 0 Å². The predicted molar refractivity (Wildman–Crippen MR) is 88.1 cm³/mol. The molecule has 0 saturated heterocycles. The molecule has 0 aliphatic carbocycles. The van der Waals surface area contributed by atoms with Crippen molar-refractivity contribution in [2.45, 2.75) is 18.8 Å². The van der Waals surface area contributed by atoms with Crippen molar-refractivity contribution in [2.75, 3.05) is 0 Å². The summed E-state index contributed by atoms with van der Waals surface area (Å²) in [6.07, 6.45) is -0.947. The Morgan fingerprint density at radius 1 is 1.21 bits per heavy atom. The minimum Gasteiger partial charge on any atom is -0.480 e. The molecule has 0 fully saturated rings. The first kappa shape index (κ1) is 17.9. The van der Waals surface area contributed by atoms with Crippen molar-refractivity contribution in [1.82, 2.24) is 10.3 Å². The summed E-state index contributed by atoms with van der Waals surface area (Å²) in [6, 6.07) is 10.4. The number of carbonyl (C=O) groups excluding carboxylic acids is 1. The summed E-state index contributed by atoms with van der Waals surface area (Å²) in [5.74, 6) is -1.39. The maximum atomic E-state index is 11.8. The van der Waals surface area contributed by atoms with Crippen LogP contribution in [0.5, 0.6) is 0 Å². The fourth-order valence-electron chi connectivity index (χ4n) is 1.97. The first-order valence-corrected chi connectivity index (χ1v) is 7.77. The van der Waals surface area contributed by atoms with Gasteiger partial charge in [-0.15, -0.1) is 0 Å². The molecule has 0 aliphatic rings. The lowest BCUT2D eigenvalue weighted by Gasteiger charge is -2.21. The number of rotatable bonds is 6. The van der Waals surface area contributed by atoms with Gasteiger partial charge in [0, 0.05) is 11.8 Å². The van der Waals surface area contributed by atoms with Crippen molar-refractivity contribution in [3.05, 3.63) is 64.4 Å². The average molecular weight is 395 g/mol. The zero-order chi connectivity index (χ0) is 17.5. The van der Waals surface area contributed by atoms with Gasteiger partial charge in [0.15, 0.2) is 6.04 Å². The molecule has 0 spiro atoms. The Balaban J connectivity index is 2.01. The molecule has 2 atom stereocenters. The molecule has 2 rings (SSSR count). The second kappa shape index (κ2) is 8.42. The number of amides is 1. The number of aliphatic hydroxyl groups is 1. The van der Waals surface area contributed by atoms with Crippen molar-refractivity contribution in [1.29, 1.82) is 0 Å². The highest BCUT2D eigenvalue weighted by molar-refractivity contribution is 9.10. The minimum atomic E-state index is -1.58. The summed E-state index contributed by atoms with van der Waals surface area (Å²) in [5, 5.41) is 21.7. The summed E-state index contributed by atoms with van der Waals surface area (Å²) in [6.45, 7) is -0.00824. The Kier molecular flexibility index (Phi) is 6.28. The SMILES string of the molecule is O=C(N[C@H](C(=O)O)[C@H](O)c1cccnc1Br)OCc1ccccc1. The summed E-state index contributed by atoms with van der Waals surface area (Å²) >= 11 is 3.13. The molecule has 1 amide bonds. The molecule has 24 heavy (non-hydrogen) atoms. The van der Waals surface area contributed by atoms with E-state index in [0.717, 1.165) is 5.56 Å². The van der Waals surface area contributed by atoms with E-state index in [-0.39, 0.29) is 12.2 Å². The second-order valence-corrected chi connectivity index (χ2v) is 5.60.